The molecular weight excluding hydrogens is 302 g/mol. The molecule has 0 aliphatic carbocycles. The van der Waals surface area contributed by atoms with Crippen molar-refractivity contribution in [2.45, 2.75) is 46.2 Å². The van der Waals surface area contributed by atoms with Crippen molar-refractivity contribution in [3.8, 4) is 0 Å². The molecule has 0 heterocycles. The molecule has 0 fully saturated rings. The summed E-state index contributed by atoms with van der Waals surface area (Å²) >= 11 is 0. The Balaban J connectivity index is 0. The molecular formula is C13H23BrClP. The molecule has 0 bridgehead atoms. The van der Waals surface area contributed by atoms with Crippen LogP contribution in [0.2, 0.25) is 0 Å². The number of aryl methyl sites for hydroxylation is 2. The lowest BCUT2D eigenvalue weighted by Crippen LogP contribution is -2.15. The molecule has 0 spiro atoms. The van der Waals surface area contributed by atoms with E-state index in [1.54, 1.807) is 0 Å². The second kappa shape index (κ2) is 7.69. The standard InChI is InChI=1S/C13H21P.BrH.ClH/c1-6-13(4,5)14-12-8-10(2)7-11(3)9-12;;/h7-9,14H,6H2,1-5H3;2*1H. The Kier molecular flexibility index (Phi) is 9.02. The molecule has 0 amide bonds. The Labute approximate surface area is 119 Å². The van der Waals surface area contributed by atoms with Gasteiger partial charge in [-0.05, 0) is 30.7 Å². The van der Waals surface area contributed by atoms with Crippen LogP contribution in [0.3, 0.4) is 0 Å². The lowest BCUT2D eigenvalue weighted by Gasteiger charge is -2.23. The molecule has 0 nitrogen and oxygen atoms in total. The Bertz CT molecular complexity index is 303. The summed E-state index contributed by atoms with van der Waals surface area (Å²) in [6.45, 7) is 11.3. The van der Waals surface area contributed by atoms with Gasteiger partial charge in [0.1, 0.15) is 0 Å². The first-order valence-electron chi connectivity index (χ1n) is 5.29. The molecule has 1 atom stereocenters. The second-order valence-corrected chi connectivity index (χ2v) is 6.92. The summed E-state index contributed by atoms with van der Waals surface area (Å²) in [6.07, 6.45) is 1.25. The molecule has 1 unspecified atom stereocenters. The number of rotatable bonds is 3. The minimum Gasteiger partial charge on any atom is -0.147 e. The van der Waals surface area contributed by atoms with Gasteiger partial charge in [-0.3, -0.25) is 0 Å². The first kappa shape index (κ1) is 18.8. The van der Waals surface area contributed by atoms with Crippen molar-refractivity contribution in [3.63, 3.8) is 0 Å². The number of halogens is 2. The average molecular weight is 326 g/mol. The molecule has 0 aromatic heterocycles. The maximum atomic E-state index is 2.35. The second-order valence-electron chi connectivity index (χ2n) is 4.74. The van der Waals surface area contributed by atoms with Crippen LogP contribution in [0.15, 0.2) is 18.2 Å². The van der Waals surface area contributed by atoms with Gasteiger partial charge in [0.15, 0.2) is 0 Å². The van der Waals surface area contributed by atoms with Gasteiger partial charge >= 0.3 is 0 Å². The zero-order chi connectivity index (χ0) is 10.8. The summed E-state index contributed by atoms with van der Waals surface area (Å²) in [7, 11) is 0.924. The van der Waals surface area contributed by atoms with Gasteiger partial charge in [-0.25, -0.2) is 0 Å². The maximum Gasteiger partial charge on any atom is -0.0141 e. The summed E-state index contributed by atoms with van der Waals surface area (Å²) in [5, 5.41) is 1.97. The molecule has 0 saturated heterocycles. The van der Waals surface area contributed by atoms with Crippen LogP contribution in [0.25, 0.3) is 0 Å². The zero-order valence-electron chi connectivity index (χ0n) is 10.8. The van der Waals surface area contributed by atoms with Gasteiger partial charge in [0, 0.05) is 0 Å². The van der Waals surface area contributed by atoms with E-state index in [-0.39, 0.29) is 29.4 Å². The Morgan fingerprint density at radius 3 is 1.88 bits per heavy atom. The van der Waals surface area contributed by atoms with Gasteiger partial charge in [0.2, 0.25) is 0 Å². The first-order valence-corrected chi connectivity index (χ1v) is 6.29. The average Bonchev–Trinajstić information content (AvgIpc) is 2.01. The lowest BCUT2D eigenvalue weighted by molar-refractivity contribution is 0.681. The molecule has 0 aliphatic rings. The zero-order valence-corrected chi connectivity index (χ0v) is 14.3. The van der Waals surface area contributed by atoms with Gasteiger partial charge in [-0.15, -0.1) is 29.4 Å². The smallest absolute Gasteiger partial charge is 0.0141 e. The first-order chi connectivity index (χ1) is 6.43. The largest absolute Gasteiger partial charge is 0.147 e. The predicted molar refractivity (Wildman–Crippen MR) is 85.8 cm³/mol. The van der Waals surface area contributed by atoms with Crippen molar-refractivity contribution in [2.24, 2.45) is 0 Å². The summed E-state index contributed by atoms with van der Waals surface area (Å²) < 4.78 is 0. The van der Waals surface area contributed by atoms with Crippen LogP contribution >= 0.6 is 38.0 Å². The third-order valence-corrected chi connectivity index (χ3v) is 4.20. The van der Waals surface area contributed by atoms with Gasteiger partial charge < -0.3 is 0 Å². The van der Waals surface area contributed by atoms with Crippen molar-refractivity contribution >= 4 is 43.3 Å². The summed E-state index contributed by atoms with van der Waals surface area (Å²) in [5.41, 5.74) is 2.78. The predicted octanol–water partition coefficient (Wildman–Crippen LogP) is 4.80. The van der Waals surface area contributed by atoms with Gasteiger partial charge in [-0.1, -0.05) is 58.7 Å². The van der Waals surface area contributed by atoms with Crippen molar-refractivity contribution in [1.29, 1.82) is 0 Å². The van der Waals surface area contributed by atoms with Crippen molar-refractivity contribution in [2.75, 3.05) is 0 Å². The third kappa shape index (κ3) is 6.23. The SMILES string of the molecule is Br.CCC(C)(C)Pc1cc(C)cc(C)c1.Cl. The molecule has 0 saturated carbocycles. The molecule has 16 heavy (non-hydrogen) atoms. The Morgan fingerprint density at radius 1 is 1.06 bits per heavy atom. The van der Waals surface area contributed by atoms with Crippen LogP contribution in [0.5, 0.6) is 0 Å². The Morgan fingerprint density at radius 2 is 1.50 bits per heavy atom. The van der Waals surface area contributed by atoms with Crippen LogP contribution in [-0.4, -0.2) is 5.16 Å². The van der Waals surface area contributed by atoms with Crippen LogP contribution in [0.4, 0.5) is 0 Å². The topological polar surface area (TPSA) is 0 Å². The molecule has 1 aromatic rings. The fourth-order valence-electron chi connectivity index (χ4n) is 1.53. The molecule has 3 heteroatoms. The van der Waals surface area contributed by atoms with E-state index in [0.29, 0.717) is 5.16 Å². The highest BCUT2D eigenvalue weighted by Gasteiger charge is 2.15. The Hall–Kier alpha value is 0.420. The maximum absolute atomic E-state index is 2.35. The number of benzene rings is 1. The minimum absolute atomic E-state index is 0. The molecule has 0 aliphatic heterocycles. The van der Waals surface area contributed by atoms with Crippen molar-refractivity contribution in [3.05, 3.63) is 29.3 Å². The monoisotopic (exact) mass is 324 g/mol. The van der Waals surface area contributed by atoms with Crippen LogP contribution in [0.1, 0.15) is 38.3 Å². The van der Waals surface area contributed by atoms with Gasteiger partial charge in [-0.2, -0.15) is 0 Å². The highest BCUT2D eigenvalue weighted by molar-refractivity contribution is 8.93. The van der Waals surface area contributed by atoms with Crippen LogP contribution < -0.4 is 5.30 Å². The quantitative estimate of drug-likeness (QED) is 0.701. The summed E-state index contributed by atoms with van der Waals surface area (Å²) in [6, 6.07) is 6.89. The van der Waals surface area contributed by atoms with Gasteiger partial charge in [0.25, 0.3) is 0 Å². The van der Waals surface area contributed by atoms with E-state index in [1.807, 2.05) is 0 Å². The third-order valence-electron chi connectivity index (χ3n) is 2.59. The number of hydrogen-bond donors (Lipinski definition) is 0. The fourth-order valence-corrected chi connectivity index (χ4v) is 3.08. The summed E-state index contributed by atoms with van der Waals surface area (Å²) in [5.74, 6) is 0. The highest BCUT2D eigenvalue weighted by Crippen LogP contribution is 2.33. The van der Waals surface area contributed by atoms with E-state index in [0.717, 1.165) is 8.58 Å². The van der Waals surface area contributed by atoms with Crippen LogP contribution in [0, 0.1) is 13.8 Å². The van der Waals surface area contributed by atoms with Gasteiger partial charge in [0.05, 0.1) is 0 Å². The fraction of sp³-hybridized carbons (Fsp3) is 0.538. The van der Waals surface area contributed by atoms with E-state index in [4.69, 9.17) is 0 Å². The molecule has 0 radical (unpaired) electrons. The normalized spacial score (nSPS) is 11.1. The number of hydrogen-bond acceptors (Lipinski definition) is 0. The molecule has 0 N–H and O–H groups in total. The lowest BCUT2D eigenvalue weighted by atomic mass is 10.1. The van der Waals surface area contributed by atoms with E-state index in [9.17, 15) is 0 Å². The van der Waals surface area contributed by atoms with E-state index < -0.39 is 0 Å². The van der Waals surface area contributed by atoms with E-state index in [2.05, 4.69) is 52.8 Å². The van der Waals surface area contributed by atoms with E-state index in [1.165, 1.54) is 22.9 Å². The van der Waals surface area contributed by atoms with E-state index >= 15 is 0 Å². The summed E-state index contributed by atoms with van der Waals surface area (Å²) in [4.78, 5) is 0. The molecule has 1 rings (SSSR count). The highest BCUT2D eigenvalue weighted by atomic mass is 79.9. The van der Waals surface area contributed by atoms with Crippen LogP contribution in [-0.2, 0) is 0 Å². The molecule has 1 aromatic carbocycles. The molecule has 94 valence electrons. The van der Waals surface area contributed by atoms with Crippen molar-refractivity contribution in [1.82, 2.24) is 0 Å². The minimum atomic E-state index is 0. The van der Waals surface area contributed by atoms with Crippen molar-refractivity contribution < 1.29 is 0 Å².